The van der Waals surface area contributed by atoms with Crippen molar-refractivity contribution in [2.24, 2.45) is 0 Å². The number of hydrogen-bond donors (Lipinski definition) is 1. The molecule has 0 aliphatic rings. The first-order valence-corrected chi connectivity index (χ1v) is 6.07. The molecule has 0 aliphatic heterocycles. The molecule has 0 saturated carbocycles. The molecule has 2 rings (SSSR count). The normalized spacial score (nSPS) is 10.1. The van der Waals surface area contributed by atoms with Gasteiger partial charge in [0.1, 0.15) is 0 Å². The Morgan fingerprint density at radius 3 is 2.28 bits per heavy atom. The van der Waals surface area contributed by atoms with E-state index in [2.05, 4.69) is 43.4 Å². The second-order valence-corrected chi connectivity index (χ2v) is 4.56. The Labute approximate surface area is 108 Å². The predicted octanol–water partition coefficient (Wildman–Crippen LogP) is 4.43. The molecular weight excluding hydrogens is 220 g/mol. The summed E-state index contributed by atoms with van der Waals surface area (Å²) in [6, 6.07) is 17.9. The minimum absolute atomic E-state index is 0.479. The molecule has 90 valence electrons. The zero-order valence-corrected chi connectivity index (χ0v) is 10.6. The first-order valence-electron chi connectivity index (χ1n) is 6.07. The van der Waals surface area contributed by atoms with E-state index in [1.807, 2.05) is 30.3 Å². The van der Waals surface area contributed by atoms with Gasteiger partial charge in [-0.3, -0.25) is 0 Å². The van der Waals surface area contributed by atoms with Crippen molar-refractivity contribution in [2.45, 2.75) is 19.8 Å². The van der Waals surface area contributed by atoms with Crippen LogP contribution < -0.4 is 5.32 Å². The van der Waals surface area contributed by atoms with E-state index in [-0.39, 0.29) is 0 Å². The van der Waals surface area contributed by atoms with Crippen molar-refractivity contribution in [1.82, 2.24) is 0 Å². The Morgan fingerprint density at radius 1 is 1.00 bits per heavy atom. The van der Waals surface area contributed by atoms with Crippen molar-refractivity contribution < 1.29 is 0 Å². The summed E-state index contributed by atoms with van der Waals surface area (Å²) in [4.78, 5) is 0. The van der Waals surface area contributed by atoms with Gasteiger partial charge in [0.05, 0.1) is 11.6 Å². The van der Waals surface area contributed by atoms with Crippen molar-refractivity contribution >= 4 is 11.4 Å². The fraction of sp³-hybridized carbons (Fsp3) is 0.188. The molecule has 18 heavy (non-hydrogen) atoms. The van der Waals surface area contributed by atoms with Crippen LogP contribution in [-0.2, 0) is 0 Å². The Kier molecular flexibility index (Phi) is 3.64. The first kappa shape index (κ1) is 12.2. The zero-order chi connectivity index (χ0) is 13.0. The highest BCUT2D eigenvalue weighted by molar-refractivity contribution is 5.64. The molecule has 0 saturated heterocycles. The van der Waals surface area contributed by atoms with Crippen molar-refractivity contribution in [1.29, 1.82) is 5.26 Å². The van der Waals surface area contributed by atoms with Crippen LogP contribution in [0.1, 0.15) is 30.9 Å². The maximum absolute atomic E-state index is 8.76. The molecule has 0 aliphatic carbocycles. The summed E-state index contributed by atoms with van der Waals surface area (Å²) in [5.74, 6) is 0.479. The maximum atomic E-state index is 8.76. The highest BCUT2D eigenvalue weighted by atomic mass is 14.9. The van der Waals surface area contributed by atoms with Gasteiger partial charge in [-0.2, -0.15) is 5.26 Å². The lowest BCUT2D eigenvalue weighted by Gasteiger charge is -2.14. The van der Waals surface area contributed by atoms with Gasteiger partial charge in [0.15, 0.2) is 0 Å². The van der Waals surface area contributed by atoms with Crippen LogP contribution in [0.2, 0.25) is 0 Å². The summed E-state index contributed by atoms with van der Waals surface area (Å²) >= 11 is 0. The van der Waals surface area contributed by atoms with Gasteiger partial charge in [-0.15, -0.1) is 0 Å². The van der Waals surface area contributed by atoms with Gasteiger partial charge >= 0.3 is 0 Å². The SMILES string of the molecule is CC(C)c1ccccc1Nc1ccc(C#N)cc1. The third-order valence-corrected chi connectivity index (χ3v) is 2.88. The second-order valence-electron chi connectivity index (χ2n) is 4.56. The van der Waals surface area contributed by atoms with Crippen molar-refractivity contribution in [3.05, 3.63) is 59.7 Å². The highest BCUT2D eigenvalue weighted by Gasteiger charge is 2.05. The summed E-state index contributed by atoms with van der Waals surface area (Å²) < 4.78 is 0. The lowest BCUT2D eigenvalue weighted by atomic mass is 10.0. The summed E-state index contributed by atoms with van der Waals surface area (Å²) in [7, 11) is 0. The van der Waals surface area contributed by atoms with E-state index in [9.17, 15) is 0 Å². The van der Waals surface area contributed by atoms with Crippen molar-refractivity contribution in [2.75, 3.05) is 5.32 Å². The molecule has 0 atom stereocenters. The third-order valence-electron chi connectivity index (χ3n) is 2.88. The number of nitriles is 1. The molecule has 0 radical (unpaired) electrons. The monoisotopic (exact) mass is 236 g/mol. The van der Waals surface area contributed by atoms with Crippen LogP contribution >= 0.6 is 0 Å². The molecule has 0 fully saturated rings. The van der Waals surface area contributed by atoms with E-state index >= 15 is 0 Å². The lowest BCUT2D eigenvalue weighted by molar-refractivity contribution is 0.869. The van der Waals surface area contributed by atoms with Gasteiger partial charge in [0.2, 0.25) is 0 Å². The number of benzene rings is 2. The van der Waals surface area contributed by atoms with Crippen LogP contribution in [0.3, 0.4) is 0 Å². The lowest BCUT2D eigenvalue weighted by Crippen LogP contribution is -1.97. The standard InChI is InChI=1S/C16H16N2/c1-12(2)15-5-3-4-6-16(15)18-14-9-7-13(11-17)8-10-14/h3-10,12,18H,1-2H3. The summed E-state index contributed by atoms with van der Waals surface area (Å²) in [5.41, 5.74) is 4.10. The van der Waals surface area contributed by atoms with Crippen LogP contribution in [0, 0.1) is 11.3 Å². The number of nitrogens with zero attached hydrogens (tertiary/aromatic N) is 1. The summed E-state index contributed by atoms with van der Waals surface area (Å²) in [5, 5.41) is 12.2. The summed E-state index contributed by atoms with van der Waals surface area (Å²) in [6.07, 6.45) is 0. The maximum Gasteiger partial charge on any atom is 0.0991 e. The molecule has 2 heteroatoms. The predicted molar refractivity (Wildman–Crippen MR) is 75.0 cm³/mol. The van der Waals surface area contributed by atoms with Crippen molar-refractivity contribution in [3.63, 3.8) is 0 Å². The smallest absolute Gasteiger partial charge is 0.0991 e. The van der Waals surface area contributed by atoms with E-state index in [0.29, 0.717) is 11.5 Å². The van der Waals surface area contributed by atoms with Gasteiger partial charge in [-0.05, 0) is 41.8 Å². The Hall–Kier alpha value is -2.27. The topological polar surface area (TPSA) is 35.8 Å². The van der Waals surface area contributed by atoms with Crippen LogP contribution in [-0.4, -0.2) is 0 Å². The van der Waals surface area contributed by atoms with E-state index < -0.39 is 0 Å². The number of para-hydroxylation sites is 1. The quantitative estimate of drug-likeness (QED) is 0.856. The van der Waals surface area contributed by atoms with Crippen LogP contribution in [0.5, 0.6) is 0 Å². The minimum atomic E-state index is 0.479. The Bertz CT molecular complexity index is 562. The van der Waals surface area contributed by atoms with E-state index in [4.69, 9.17) is 5.26 Å². The fourth-order valence-electron chi connectivity index (χ4n) is 1.90. The number of anilines is 2. The van der Waals surface area contributed by atoms with Gasteiger partial charge in [-0.25, -0.2) is 0 Å². The number of nitrogens with one attached hydrogen (secondary N) is 1. The van der Waals surface area contributed by atoms with Crippen LogP contribution in [0.4, 0.5) is 11.4 Å². The van der Waals surface area contributed by atoms with Gasteiger partial charge < -0.3 is 5.32 Å². The molecule has 0 unspecified atom stereocenters. The van der Waals surface area contributed by atoms with Gasteiger partial charge in [0.25, 0.3) is 0 Å². The number of rotatable bonds is 3. The molecule has 2 aromatic rings. The van der Waals surface area contributed by atoms with Gasteiger partial charge in [-0.1, -0.05) is 32.0 Å². The molecule has 1 N–H and O–H groups in total. The zero-order valence-electron chi connectivity index (χ0n) is 10.6. The molecular formula is C16H16N2. The average Bonchev–Trinajstić information content (AvgIpc) is 2.40. The van der Waals surface area contributed by atoms with Crippen molar-refractivity contribution in [3.8, 4) is 6.07 Å². The molecule has 0 amide bonds. The largest absolute Gasteiger partial charge is 0.355 e. The average molecular weight is 236 g/mol. The Balaban J connectivity index is 2.26. The van der Waals surface area contributed by atoms with E-state index in [0.717, 1.165) is 11.4 Å². The number of hydrogen-bond acceptors (Lipinski definition) is 2. The Morgan fingerprint density at radius 2 is 1.67 bits per heavy atom. The van der Waals surface area contributed by atoms with Gasteiger partial charge in [0, 0.05) is 11.4 Å². The molecule has 0 heterocycles. The van der Waals surface area contributed by atoms with E-state index in [1.54, 1.807) is 0 Å². The van der Waals surface area contributed by atoms with E-state index in [1.165, 1.54) is 5.56 Å². The van der Waals surface area contributed by atoms with Crippen LogP contribution in [0.25, 0.3) is 0 Å². The third kappa shape index (κ3) is 2.70. The second kappa shape index (κ2) is 5.37. The first-order chi connectivity index (χ1) is 8.70. The highest BCUT2D eigenvalue weighted by Crippen LogP contribution is 2.26. The molecule has 2 nitrogen and oxygen atoms in total. The molecule has 0 spiro atoms. The minimum Gasteiger partial charge on any atom is -0.355 e. The summed E-state index contributed by atoms with van der Waals surface area (Å²) in [6.45, 7) is 4.36. The molecule has 2 aromatic carbocycles. The van der Waals surface area contributed by atoms with Crippen LogP contribution in [0.15, 0.2) is 48.5 Å². The fourth-order valence-corrected chi connectivity index (χ4v) is 1.90. The molecule has 0 aromatic heterocycles. The molecule has 0 bridgehead atoms.